The second kappa shape index (κ2) is 5.94. The van der Waals surface area contributed by atoms with E-state index in [4.69, 9.17) is 4.74 Å². The number of nitrogens with one attached hydrogen (secondary N) is 1. The van der Waals surface area contributed by atoms with Crippen molar-refractivity contribution in [2.75, 3.05) is 6.54 Å². The summed E-state index contributed by atoms with van der Waals surface area (Å²) in [6.07, 6.45) is 1.77. The van der Waals surface area contributed by atoms with Gasteiger partial charge in [-0.2, -0.15) is 0 Å². The lowest BCUT2D eigenvalue weighted by Gasteiger charge is -2.02. The molecule has 3 rings (SSSR count). The summed E-state index contributed by atoms with van der Waals surface area (Å²) in [4.78, 5) is 4.31. The Hall–Kier alpha value is -2.05. The molecule has 6 heteroatoms. The number of aromatic nitrogens is 3. The zero-order valence-electron chi connectivity index (χ0n) is 11.0. The second-order valence-electron chi connectivity index (χ2n) is 4.20. The molecule has 0 amide bonds. The van der Waals surface area contributed by atoms with Crippen molar-refractivity contribution >= 4 is 22.2 Å². The van der Waals surface area contributed by atoms with Gasteiger partial charge in [0.15, 0.2) is 0 Å². The van der Waals surface area contributed by atoms with E-state index in [1.165, 1.54) is 11.3 Å². The first-order valence-electron chi connectivity index (χ1n) is 6.41. The molecule has 0 unspecified atom stereocenters. The average Bonchev–Trinajstić information content (AvgIpc) is 2.92. The van der Waals surface area contributed by atoms with Crippen molar-refractivity contribution < 1.29 is 4.74 Å². The third-order valence-electron chi connectivity index (χ3n) is 2.76. The number of benzene rings is 1. The van der Waals surface area contributed by atoms with Gasteiger partial charge in [0.1, 0.15) is 10.8 Å². The van der Waals surface area contributed by atoms with Crippen molar-refractivity contribution in [2.24, 2.45) is 0 Å². The summed E-state index contributed by atoms with van der Waals surface area (Å²) in [6.45, 7) is 3.68. The first kappa shape index (κ1) is 13.0. The smallest absolute Gasteiger partial charge is 0.299 e. The lowest BCUT2D eigenvalue weighted by Crippen LogP contribution is -2.11. The normalized spacial score (nSPS) is 10.8. The molecular weight excluding hydrogens is 272 g/mol. The van der Waals surface area contributed by atoms with E-state index in [9.17, 15) is 0 Å². The molecule has 1 N–H and O–H groups in total. The van der Waals surface area contributed by atoms with E-state index in [-0.39, 0.29) is 0 Å². The molecule has 0 aliphatic heterocycles. The highest BCUT2D eigenvalue weighted by atomic mass is 32.1. The van der Waals surface area contributed by atoms with Crippen molar-refractivity contribution in [3.8, 4) is 10.9 Å². The van der Waals surface area contributed by atoms with Crippen LogP contribution in [0.2, 0.25) is 0 Å². The monoisotopic (exact) mass is 286 g/mol. The van der Waals surface area contributed by atoms with Crippen LogP contribution in [-0.2, 0) is 6.54 Å². The maximum Gasteiger partial charge on any atom is 0.299 e. The summed E-state index contributed by atoms with van der Waals surface area (Å²) in [5, 5.41) is 13.9. The van der Waals surface area contributed by atoms with Crippen LogP contribution in [0.3, 0.4) is 0 Å². The van der Waals surface area contributed by atoms with Crippen LogP contribution >= 0.6 is 11.3 Å². The molecule has 3 aromatic rings. The Labute approximate surface area is 120 Å². The van der Waals surface area contributed by atoms with Gasteiger partial charge < -0.3 is 10.1 Å². The van der Waals surface area contributed by atoms with E-state index in [1.54, 1.807) is 6.20 Å². The van der Waals surface area contributed by atoms with E-state index in [0.29, 0.717) is 5.19 Å². The Morgan fingerprint density at radius 1 is 1.25 bits per heavy atom. The van der Waals surface area contributed by atoms with Crippen molar-refractivity contribution in [3.05, 3.63) is 41.5 Å². The molecule has 1 aromatic carbocycles. The van der Waals surface area contributed by atoms with Gasteiger partial charge in [0, 0.05) is 24.2 Å². The number of hydrogen-bond donors (Lipinski definition) is 1. The number of rotatable bonds is 5. The van der Waals surface area contributed by atoms with Gasteiger partial charge in [0.2, 0.25) is 0 Å². The Balaban J connectivity index is 1.76. The maximum atomic E-state index is 5.72. The highest BCUT2D eigenvalue weighted by Crippen LogP contribution is 2.27. The summed E-state index contributed by atoms with van der Waals surface area (Å²) < 4.78 is 5.72. The highest BCUT2D eigenvalue weighted by Gasteiger charge is 2.06. The van der Waals surface area contributed by atoms with E-state index in [0.717, 1.165) is 34.7 Å². The topological polar surface area (TPSA) is 59.9 Å². The molecule has 0 fully saturated rings. The molecule has 0 saturated heterocycles. The van der Waals surface area contributed by atoms with E-state index >= 15 is 0 Å². The largest absolute Gasteiger partial charge is 0.430 e. The number of nitrogens with zero attached hydrogens (tertiary/aromatic N) is 3. The van der Waals surface area contributed by atoms with E-state index in [2.05, 4.69) is 27.4 Å². The lowest BCUT2D eigenvalue weighted by molar-refractivity contribution is 0.473. The predicted octanol–water partition coefficient (Wildman–Crippen LogP) is 2.99. The van der Waals surface area contributed by atoms with Crippen LogP contribution in [0.1, 0.15) is 11.9 Å². The molecule has 0 bridgehead atoms. The van der Waals surface area contributed by atoms with Gasteiger partial charge in [-0.25, -0.2) is 0 Å². The first-order valence-corrected chi connectivity index (χ1v) is 7.22. The van der Waals surface area contributed by atoms with Crippen molar-refractivity contribution in [1.29, 1.82) is 0 Å². The summed E-state index contributed by atoms with van der Waals surface area (Å²) in [6, 6.07) is 9.74. The SMILES string of the molecule is CCNCc1nnc(Oc2ccc3cccnc3c2)s1. The minimum atomic E-state index is 0.549. The summed E-state index contributed by atoms with van der Waals surface area (Å²) in [5.41, 5.74) is 0.905. The Kier molecular flexibility index (Phi) is 3.85. The van der Waals surface area contributed by atoms with Crippen LogP contribution < -0.4 is 10.1 Å². The highest BCUT2D eigenvalue weighted by molar-refractivity contribution is 7.13. The van der Waals surface area contributed by atoms with Crippen LogP contribution in [0.5, 0.6) is 10.9 Å². The van der Waals surface area contributed by atoms with Crippen LogP contribution in [0.4, 0.5) is 0 Å². The maximum absolute atomic E-state index is 5.72. The molecule has 20 heavy (non-hydrogen) atoms. The third-order valence-corrected chi connectivity index (χ3v) is 3.56. The Morgan fingerprint density at radius 3 is 3.10 bits per heavy atom. The quantitative estimate of drug-likeness (QED) is 0.781. The summed E-state index contributed by atoms with van der Waals surface area (Å²) in [5.74, 6) is 0.724. The number of pyridine rings is 1. The molecular formula is C14H14N4OS. The van der Waals surface area contributed by atoms with E-state index < -0.39 is 0 Å². The molecule has 0 spiro atoms. The van der Waals surface area contributed by atoms with Crippen LogP contribution in [0.15, 0.2) is 36.5 Å². The molecule has 0 saturated carbocycles. The molecule has 0 radical (unpaired) electrons. The zero-order chi connectivity index (χ0) is 13.8. The predicted molar refractivity (Wildman–Crippen MR) is 79.1 cm³/mol. The summed E-state index contributed by atoms with van der Waals surface area (Å²) >= 11 is 1.45. The minimum Gasteiger partial charge on any atom is -0.430 e. The number of hydrogen-bond acceptors (Lipinski definition) is 6. The molecule has 0 aliphatic carbocycles. The third kappa shape index (κ3) is 2.92. The standard InChI is InChI=1S/C14H14N4OS/c1-2-15-9-13-17-18-14(20-13)19-11-6-5-10-4-3-7-16-12(10)8-11/h3-8,15H,2,9H2,1H3. The number of ether oxygens (including phenoxy) is 1. The molecule has 2 heterocycles. The molecule has 0 aliphatic rings. The van der Waals surface area contributed by atoms with Crippen LogP contribution in [0, 0.1) is 0 Å². The fourth-order valence-corrected chi connectivity index (χ4v) is 2.47. The zero-order valence-corrected chi connectivity index (χ0v) is 11.9. The van der Waals surface area contributed by atoms with Crippen molar-refractivity contribution in [1.82, 2.24) is 20.5 Å². The Morgan fingerprint density at radius 2 is 2.20 bits per heavy atom. The van der Waals surface area contributed by atoms with Gasteiger partial charge in [-0.05, 0) is 24.7 Å². The molecule has 2 aromatic heterocycles. The van der Waals surface area contributed by atoms with Crippen LogP contribution in [0.25, 0.3) is 10.9 Å². The average molecular weight is 286 g/mol. The number of fused-ring (bicyclic) bond motifs is 1. The lowest BCUT2D eigenvalue weighted by atomic mass is 10.2. The molecule has 102 valence electrons. The fraction of sp³-hybridized carbons (Fsp3) is 0.214. The molecule has 0 atom stereocenters. The van der Waals surface area contributed by atoms with Crippen molar-refractivity contribution in [2.45, 2.75) is 13.5 Å². The fourth-order valence-electron chi connectivity index (χ4n) is 1.79. The van der Waals surface area contributed by atoms with Gasteiger partial charge in [-0.15, -0.1) is 5.10 Å². The first-order chi connectivity index (χ1) is 9.85. The van der Waals surface area contributed by atoms with Gasteiger partial charge in [-0.3, -0.25) is 4.98 Å². The van der Waals surface area contributed by atoms with Gasteiger partial charge in [0.05, 0.1) is 5.52 Å². The van der Waals surface area contributed by atoms with Crippen LogP contribution in [-0.4, -0.2) is 21.7 Å². The second-order valence-corrected chi connectivity index (χ2v) is 5.23. The van der Waals surface area contributed by atoms with Gasteiger partial charge in [0.25, 0.3) is 5.19 Å². The van der Waals surface area contributed by atoms with Gasteiger partial charge in [-0.1, -0.05) is 29.4 Å². The minimum absolute atomic E-state index is 0.549. The van der Waals surface area contributed by atoms with E-state index in [1.807, 2.05) is 30.3 Å². The summed E-state index contributed by atoms with van der Waals surface area (Å²) in [7, 11) is 0. The molecule has 5 nitrogen and oxygen atoms in total. The Bertz CT molecular complexity index is 713. The van der Waals surface area contributed by atoms with Crippen molar-refractivity contribution in [3.63, 3.8) is 0 Å². The van der Waals surface area contributed by atoms with Gasteiger partial charge >= 0.3 is 0 Å².